The van der Waals surface area contributed by atoms with Crippen LogP contribution in [0.3, 0.4) is 0 Å². The molecule has 2 heteroatoms. The summed E-state index contributed by atoms with van der Waals surface area (Å²) in [5, 5.41) is 12.8. The zero-order valence-electron chi connectivity index (χ0n) is 11.0. The van der Waals surface area contributed by atoms with Gasteiger partial charge in [-0.25, -0.2) is 0 Å². The maximum Gasteiger partial charge on any atom is 0.0431 e. The molecule has 0 aromatic rings. The van der Waals surface area contributed by atoms with E-state index >= 15 is 0 Å². The van der Waals surface area contributed by atoms with E-state index in [1.54, 1.807) is 0 Å². The Morgan fingerprint density at radius 2 is 1.81 bits per heavy atom. The van der Waals surface area contributed by atoms with Gasteiger partial charge in [-0.2, -0.15) is 0 Å². The molecule has 1 aliphatic heterocycles. The van der Waals surface area contributed by atoms with E-state index in [2.05, 4.69) is 19.2 Å². The molecule has 0 aromatic heterocycles. The molecule has 1 fully saturated rings. The highest BCUT2D eigenvalue weighted by atomic mass is 16.2. The summed E-state index contributed by atoms with van der Waals surface area (Å²) in [7, 11) is 0. The molecule has 1 rings (SSSR count). The van der Waals surface area contributed by atoms with E-state index in [0.29, 0.717) is 12.6 Å². The van der Waals surface area contributed by atoms with Crippen molar-refractivity contribution in [3.8, 4) is 0 Å². The molecule has 0 bridgehead atoms. The average molecular weight is 227 g/mol. The maximum absolute atomic E-state index is 8.95. The molecule has 0 saturated carbocycles. The second-order valence-corrected chi connectivity index (χ2v) is 5.25. The van der Waals surface area contributed by atoms with Gasteiger partial charge in [0.1, 0.15) is 0 Å². The van der Waals surface area contributed by atoms with E-state index in [-0.39, 0.29) is 0 Å². The van der Waals surface area contributed by atoms with Gasteiger partial charge in [0.05, 0.1) is 0 Å². The van der Waals surface area contributed by atoms with E-state index < -0.39 is 0 Å². The van der Waals surface area contributed by atoms with E-state index in [4.69, 9.17) is 5.11 Å². The van der Waals surface area contributed by atoms with E-state index in [9.17, 15) is 0 Å². The van der Waals surface area contributed by atoms with Crippen molar-refractivity contribution in [2.45, 2.75) is 77.3 Å². The minimum absolute atomic E-state index is 0.343. The van der Waals surface area contributed by atoms with Gasteiger partial charge in [-0.3, -0.25) is 0 Å². The Balaban J connectivity index is 2.40. The normalized spacial score (nSPS) is 30.6. The Hall–Kier alpha value is -0.0800. The van der Waals surface area contributed by atoms with Gasteiger partial charge >= 0.3 is 0 Å². The second-order valence-electron chi connectivity index (χ2n) is 5.25. The summed E-state index contributed by atoms with van der Waals surface area (Å²) in [6.07, 6.45) is 10.1. The van der Waals surface area contributed by atoms with Crippen LogP contribution in [0.2, 0.25) is 0 Å². The van der Waals surface area contributed by atoms with Crippen molar-refractivity contribution >= 4 is 0 Å². The summed E-state index contributed by atoms with van der Waals surface area (Å²) in [6, 6.07) is 1.40. The third kappa shape index (κ3) is 4.42. The van der Waals surface area contributed by atoms with E-state index in [0.717, 1.165) is 24.8 Å². The molecule has 0 spiro atoms. The fourth-order valence-electron chi connectivity index (χ4n) is 3.06. The van der Waals surface area contributed by atoms with Crippen LogP contribution in [0.1, 0.15) is 65.2 Å². The largest absolute Gasteiger partial charge is 0.396 e. The molecular formula is C14H29NO. The van der Waals surface area contributed by atoms with Crippen molar-refractivity contribution in [3.63, 3.8) is 0 Å². The molecule has 0 amide bonds. The van der Waals surface area contributed by atoms with Crippen molar-refractivity contribution in [1.82, 2.24) is 5.32 Å². The summed E-state index contributed by atoms with van der Waals surface area (Å²) in [6.45, 7) is 4.89. The average Bonchev–Trinajstić information content (AvgIpc) is 2.30. The number of hydrogen-bond acceptors (Lipinski definition) is 2. The van der Waals surface area contributed by atoms with Crippen LogP contribution in [0.4, 0.5) is 0 Å². The third-order valence-electron chi connectivity index (χ3n) is 3.87. The van der Waals surface area contributed by atoms with Crippen molar-refractivity contribution < 1.29 is 5.11 Å². The first-order chi connectivity index (χ1) is 7.81. The van der Waals surface area contributed by atoms with Crippen molar-refractivity contribution in [3.05, 3.63) is 0 Å². The number of piperidine rings is 1. The first kappa shape index (κ1) is 14.0. The SMILES string of the molecule is CCC[C@@H]1CC[C@@H](CCC)[C@H](CCCO)N1. The smallest absolute Gasteiger partial charge is 0.0431 e. The molecule has 1 saturated heterocycles. The van der Waals surface area contributed by atoms with Crippen LogP contribution in [-0.2, 0) is 0 Å². The van der Waals surface area contributed by atoms with Gasteiger partial charge in [-0.15, -0.1) is 0 Å². The van der Waals surface area contributed by atoms with Crippen LogP contribution < -0.4 is 5.32 Å². The van der Waals surface area contributed by atoms with E-state index in [1.807, 2.05) is 0 Å². The standard InChI is InChI=1S/C14H29NO/c1-3-6-12-9-10-13(7-4-2)15-14(12)8-5-11-16/h12-16H,3-11H2,1-2H3/t12-,13-,14+/m1/s1. The van der Waals surface area contributed by atoms with Gasteiger partial charge in [0.25, 0.3) is 0 Å². The van der Waals surface area contributed by atoms with Gasteiger partial charge in [0.2, 0.25) is 0 Å². The lowest BCUT2D eigenvalue weighted by atomic mass is 9.81. The summed E-state index contributed by atoms with van der Waals surface area (Å²) in [4.78, 5) is 0. The number of rotatable bonds is 7. The Kier molecular flexibility index (Phi) is 7.06. The topological polar surface area (TPSA) is 32.3 Å². The predicted molar refractivity (Wildman–Crippen MR) is 69.6 cm³/mol. The minimum Gasteiger partial charge on any atom is -0.396 e. The van der Waals surface area contributed by atoms with Gasteiger partial charge in [-0.1, -0.05) is 26.7 Å². The maximum atomic E-state index is 8.95. The quantitative estimate of drug-likeness (QED) is 0.700. The fraction of sp³-hybridized carbons (Fsp3) is 1.00. The number of aliphatic hydroxyl groups excluding tert-OH is 1. The first-order valence-corrected chi connectivity index (χ1v) is 7.18. The molecular weight excluding hydrogens is 198 g/mol. The molecule has 0 unspecified atom stereocenters. The monoisotopic (exact) mass is 227 g/mol. The number of hydrogen-bond donors (Lipinski definition) is 2. The van der Waals surface area contributed by atoms with Crippen LogP contribution in [0.15, 0.2) is 0 Å². The van der Waals surface area contributed by atoms with Crippen LogP contribution in [0.25, 0.3) is 0 Å². The van der Waals surface area contributed by atoms with Crippen molar-refractivity contribution in [1.29, 1.82) is 0 Å². The molecule has 1 aliphatic rings. The fourth-order valence-corrected chi connectivity index (χ4v) is 3.06. The Bertz CT molecular complexity index is 172. The van der Waals surface area contributed by atoms with Crippen molar-refractivity contribution in [2.75, 3.05) is 6.61 Å². The Morgan fingerprint density at radius 1 is 1.06 bits per heavy atom. The predicted octanol–water partition coefficient (Wildman–Crippen LogP) is 3.10. The van der Waals surface area contributed by atoms with Crippen LogP contribution >= 0.6 is 0 Å². The zero-order valence-corrected chi connectivity index (χ0v) is 11.0. The Morgan fingerprint density at radius 3 is 2.44 bits per heavy atom. The highest BCUT2D eigenvalue weighted by Gasteiger charge is 2.28. The van der Waals surface area contributed by atoms with Crippen LogP contribution in [-0.4, -0.2) is 23.8 Å². The number of nitrogens with one attached hydrogen (secondary N) is 1. The van der Waals surface area contributed by atoms with Gasteiger partial charge in [0.15, 0.2) is 0 Å². The molecule has 3 atom stereocenters. The molecule has 0 radical (unpaired) electrons. The number of aliphatic hydroxyl groups is 1. The van der Waals surface area contributed by atoms with E-state index in [1.165, 1.54) is 38.5 Å². The molecule has 16 heavy (non-hydrogen) atoms. The third-order valence-corrected chi connectivity index (χ3v) is 3.87. The lowest BCUT2D eigenvalue weighted by Crippen LogP contribution is -2.47. The first-order valence-electron chi connectivity index (χ1n) is 7.18. The summed E-state index contributed by atoms with van der Waals surface area (Å²) < 4.78 is 0. The lowest BCUT2D eigenvalue weighted by molar-refractivity contribution is 0.186. The van der Waals surface area contributed by atoms with Crippen molar-refractivity contribution in [2.24, 2.45) is 5.92 Å². The molecule has 0 aromatic carbocycles. The molecule has 1 heterocycles. The molecule has 2 N–H and O–H groups in total. The Labute approximate surface area is 101 Å². The van der Waals surface area contributed by atoms with Gasteiger partial charge in [-0.05, 0) is 44.4 Å². The van der Waals surface area contributed by atoms with Gasteiger partial charge < -0.3 is 10.4 Å². The second kappa shape index (κ2) is 8.08. The zero-order chi connectivity index (χ0) is 11.8. The van der Waals surface area contributed by atoms with Crippen LogP contribution in [0, 0.1) is 5.92 Å². The highest BCUT2D eigenvalue weighted by molar-refractivity contribution is 4.86. The highest BCUT2D eigenvalue weighted by Crippen LogP contribution is 2.28. The minimum atomic E-state index is 0.343. The van der Waals surface area contributed by atoms with Gasteiger partial charge in [0, 0.05) is 18.7 Å². The molecule has 0 aliphatic carbocycles. The summed E-state index contributed by atoms with van der Waals surface area (Å²) >= 11 is 0. The summed E-state index contributed by atoms with van der Waals surface area (Å²) in [5.41, 5.74) is 0. The molecule has 96 valence electrons. The van der Waals surface area contributed by atoms with Crippen LogP contribution in [0.5, 0.6) is 0 Å². The molecule has 2 nitrogen and oxygen atoms in total. The summed E-state index contributed by atoms with van der Waals surface area (Å²) in [5.74, 6) is 0.852. The lowest BCUT2D eigenvalue weighted by Gasteiger charge is -2.38.